The van der Waals surface area contributed by atoms with Crippen molar-refractivity contribution in [1.29, 1.82) is 0 Å². The molecule has 1 aliphatic rings. The highest BCUT2D eigenvalue weighted by Crippen LogP contribution is 2.35. The summed E-state index contributed by atoms with van der Waals surface area (Å²) in [5.41, 5.74) is 1.90. The van der Waals surface area contributed by atoms with Gasteiger partial charge in [0.2, 0.25) is 0 Å². The van der Waals surface area contributed by atoms with E-state index in [1.807, 2.05) is 30.9 Å². The molecule has 7 heteroatoms. The number of rotatable bonds is 4. The monoisotopic (exact) mass is 441 g/mol. The molecule has 0 N–H and O–H groups in total. The maximum Gasteiger partial charge on any atom is 0.266 e. The van der Waals surface area contributed by atoms with E-state index in [9.17, 15) is 9.59 Å². The molecule has 0 unspecified atom stereocenters. The average Bonchev–Trinajstić information content (AvgIpc) is 3.26. The van der Waals surface area contributed by atoms with Crippen LogP contribution >= 0.6 is 22.7 Å². The van der Waals surface area contributed by atoms with Gasteiger partial charge in [0.25, 0.3) is 11.8 Å². The van der Waals surface area contributed by atoms with Crippen LogP contribution in [0.3, 0.4) is 0 Å². The Balaban J connectivity index is 1.70. The first-order valence-corrected chi connectivity index (χ1v) is 12.0. The van der Waals surface area contributed by atoms with Gasteiger partial charge in [0.1, 0.15) is 4.88 Å². The minimum absolute atomic E-state index is 0.0359. The third kappa shape index (κ3) is 3.88. The van der Waals surface area contributed by atoms with Crippen LogP contribution < -0.4 is 0 Å². The Bertz CT molecular complexity index is 1100. The van der Waals surface area contributed by atoms with Crippen molar-refractivity contribution in [2.24, 2.45) is 0 Å². The Morgan fingerprint density at radius 3 is 2.60 bits per heavy atom. The lowest BCUT2D eigenvalue weighted by atomic mass is 9.93. The zero-order valence-electron chi connectivity index (χ0n) is 17.9. The highest BCUT2D eigenvalue weighted by atomic mass is 32.1. The summed E-state index contributed by atoms with van der Waals surface area (Å²) in [6.07, 6.45) is 3.80. The summed E-state index contributed by atoms with van der Waals surface area (Å²) in [6, 6.07) is 8.30. The van der Waals surface area contributed by atoms with Gasteiger partial charge in [0.15, 0.2) is 0 Å². The lowest BCUT2D eigenvalue weighted by Crippen LogP contribution is -2.45. The van der Waals surface area contributed by atoms with Crippen LogP contribution in [0.1, 0.15) is 54.9 Å². The van der Waals surface area contributed by atoms with E-state index >= 15 is 0 Å². The smallest absolute Gasteiger partial charge is 0.266 e. The topological polar surface area (TPSA) is 53.5 Å². The number of nitrogens with zero attached hydrogens (tertiary/aromatic N) is 3. The molecule has 3 heterocycles. The predicted molar refractivity (Wildman–Crippen MR) is 124 cm³/mol. The van der Waals surface area contributed by atoms with E-state index in [0.717, 1.165) is 61.9 Å². The maximum absolute atomic E-state index is 13.4. The third-order valence-electron chi connectivity index (χ3n) is 5.72. The van der Waals surface area contributed by atoms with Crippen LogP contribution in [0, 0.1) is 13.8 Å². The van der Waals surface area contributed by atoms with Gasteiger partial charge in [-0.15, -0.1) is 22.7 Å². The van der Waals surface area contributed by atoms with Crippen molar-refractivity contribution in [3.63, 3.8) is 0 Å². The van der Waals surface area contributed by atoms with Crippen molar-refractivity contribution in [2.45, 2.75) is 45.6 Å². The number of aryl methyl sites for hydroxylation is 2. The molecule has 0 saturated carbocycles. The number of carbonyl (C=O) groups is 2. The summed E-state index contributed by atoms with van der Waals surface area (Å²) in [4.78, 5) is 36.0. The molecule has 2 aromatic heterocycles. The van der Waals surface area contributed by atoms with Gasteiger partial charge in [-0.1, -0.05) is 18.2 Å². The summed E-state index contributed by atoms with van der Waals surface area (Å²) in [6.45, 7) is 4.62. The van der Waals surface area contributed by atoms with Gasteiger partial charge in [-0.2, -0.15) is 0 Å². The van der Waals surface area contributed by atoms with Gasteiger partial charge in [0, 0.05) is 31.4 Å². The van der Waals surface area contributed by atoms with Crippen molar-refractivity contribution < 1.29 is 9.59 Å². The molecule has 0 bridgehead atoms. The predicted octanol–water partition coefficient (Wildman–Crippen LogP) is 4.91. The number of hydrogen-bond acceptors (Lipinski definition) is 5. The van der Waals surface area contributed by atoms with E-state index in [1.165, 1.54) is 11.3 Å². The molecule has 158 valence electrons. The Morgan fingerprint density at radius 1 is 1.13 bits per heavy atom. The first kappa shape index (κ1) is 21.0. The first-order chi connectivity index (χ1) is 14.4. The van der Waals surface area contributed by atoms with E-state index in [0.29, 0.717) is 6.42 Å². The van der Waals surface area contributed by atoms with Crippen molar-refractivity contribution in [2.75, 3.05) is 20.6 Å². The number of piperidine rings is 1. The second-order valence-electron chi connectivity index (χ2n) is 8.11. The van der Waals surface area contributed by atoms with Gasteiger partial charge >= 0.3 is 0 Å². The molecule has 0 aliphatic carbocycles. The van der Waals surface area contributed by atoms with Crippen LogP contribution in [0.25, 0.3) is 10.1 Å². The average molecular weight is 442 g/mol. The fourth-order valence-electron chi connectivity index (χ4n) is 4.25. The fourth-order valence-corrected chi connectivity index (χ4v) is 6.38. The summed E-state index contributed by atoms with van der Waals surface area (Å²) in [5.74, 6) is 0.122. The van der Waals surface area contributed by atoms with Crippen LogP contribution in [0.2, 0.25) is 0 Å². The summed E-state index contributed by atoms with van der Waals surface area (Å²) in [7, 11) is 3.59. The second kappa shape index (κ2) is 8.47. The maximum atomic E-state index is 13.4. The van der Waals surface area contributed by atoms with Gasteiger partial charge in [-0.05, 0) is 56.5 Å². The summed E-state index contributed by atoms with van der Waals surface area (Å²) >= 11 is 3.04. The van der Waals surface area contributed by atoms with E-state index in [2.05, 4.69) is 17.1 Å². The summed E-state index contributed by atoms with van der Waals surface area (Å²) in [5, 5.41) is 2.06. The number of fused-ring (bicyclic) bond motifs is 1. The van der Waals surface area contributed by atoms with Gasteiger partial charge in [-0.25, -0.2) is 4.98 Å². The van der Waals surface area contributed by atoms with E-state index in [1.54, 1.807) is 30.3 Å². The van der Waals surface area contributed by atoms with Crippen LogP contribution in [-0.4, -0.2) is 53.3 Å². The molecule has 30 heavy (non-hydrogen) atoms. The highest BCUT2D eigenvalue weighted by Gasteiger charge is 2.32. The van der Waals surface area contributed by atoms with E-state index in [-0.39, 0.29) is 17.9 Å². The van der Waals surface area contributed by atoms with Crippen LogP contribution in [0.4, 0.5) is 0 Å². The molecule has 5 nitrogen and oxygen atoms in total. The molecule has 1 aromatic carbocycles. The standard InChI is InChI=1S/C23H27N3O2S2/c1-14-20(29-15(2)24-14)23(28)26-12-8-7-9-16(26)13-18-17-10-5-6-11-19(17)30-21(18)22(27)25(3)4/h5-6,10-11,16H,7-9,12-13H2,1-4H3/t16-/m1/s1. The van der Waals surface area contributed by atoms with Gasteiger partial charge in [-0.3, -0.25) is 9.59 Å². The first-order valence-electron chi connectivity index (χ1n) is 10.3. The Kier molecular flexibility index (Phi) is 5.93. The quantitative estimate of drug-likeness (QED) is 0.578. The minimum atomic E-state index is 0.0359. The lowest BCUT2D eigenvalue weighted by Gasteiger charge is -2.36. The zero-order chi connectivity index (χ0) is 21.4. The van der Waals surface area contributed by atoms with Crippen molar-refractivity contribution in [1.82, 2.24) is 14.8 Å². The second-order valence-corrected chi connectivity index (χ2v) is 10.4. The SMILES string of the molecule is Cc1nc(C)c(C(=O)N2CCCC[C@@H]2Cc2c(C(=O)N(C)C)sc3ccccc23)s1. The number of thiophene rings is 1. The van der Waals surface area contributed by atoms with Crippen molar-refractivity contribution in [3.8, 4) is 0 Å². The highest BCUT2D eigenvalue weighted by molar-refractivity contribution is 7.21. The Labute approximate surface area is 185 Å². The molecular weight excluding hydrogens is 414 g/mol. The Morgan fingerprint density at radius 2 is 1.90 bits per heavy atom. The normalized spacial score (nSPS) is 16.8. The molecule has 4 rings (SSSR count). The molecule has 3 aromatic rings. The van der Waals surface area contributed by atoms with Crippen LogP contribution in [0.5, 0.6) is 0 Å². The largest absolute Gasteiger partial charge is 0.344 e. The molecule has 1 aliphatic heterocycles. The van der Waals surface area contributed by atoms with Crippen LogP contribution in [0.15, 0.2) is 24.3 Å². The summed E-state index contributed by atoms with van der Waals surface area (Å²) < 4.78 is 1.13. The lowest BCUT2D eigenvalue weighted by molar-refractivity contribution is 0.0618. The molecule has 1 fully saturated rings. The van der Waals surface area contributed by atoms with Crippen LogP contribution in [-0.2, 0) is 6.42 Å². The fraction of sp³-hybridized carbons (Fsp3) is 0.435. The molecular formula is C23H27N3O2S2. The number of carbonyl (C=O) groups excluding carboxylic acids is 2. The van der Waals surface area contributed by atoms with Gasteiger partial charge < -0.3 is 9.80 Å². The number of likely N-dealkylation sites (tertiary alicyclic amines) is 1. The van der Waals surface area contributed by atoms with Crippen molar-refractivity contribution >= 4 is 44.6 Å². The Hall–Kier alpha value is -2.25. The van der Waals surface area contributed by atoms with E-state index < -0.39 is 0 Å². The van der Waals surface area contributed by atoms with Crippen molar-refractivity contribution in [3.05, 3.63) is 50.3 Å². The number of benzene rings is 1. The molecule has 1 saturated heterocycles. The number of amides is 2. The zero-order valence-corrected chi connectivity index (χ0v) is 19.5. The molecule has 2 amide bonds. The third-order valence-corrected chi connectivity index (χ3v) is 7.99. The number of aromatic nitrogens is 1. The molecule has 1 atom stereocenters. The number of hydrogen-bond donors (Lipinski definition) is 0. The molecule has 0 radical (unpaired) electrons. The molecule has 0 spiro atoms. The number of thiazole rings is 1. The minimum Gasteiger partial charge on any atom is -0.344 e. The van der Waals surface area contributed by atoms with E-state index in [4.69, 9.17) is 0 Å². The van der Waals surface area contributed by atoms with Gasteiger partial charge in [0.05, 0.1) is 15.6 Å².